The first kappa shape index (κ1) is 26.5. The Balaban J connectivity index is 1.14. The van der Waals surface area contributed by atoms with E-state index >= 15 is 0 Å². The van der Waals surface area contributed by atoms with Gasteiger partial charge in [0.05, 0.1) is 22.4 Å². The number of amides is 2. The molecule has 2 saturated heterocycles. The molecule has 42 heavy (non-hydrogen) atoms. The highest BCUT2D eigenvalue weighted by molar-refractivity contribution is 8.18. The first-order valence-corrected chi connectivity index (χ1v) is 16.3. The number of nitrogens with zero attached hydrogens (tertiary/aromatic N) is 4. The molecule has 2 aromatic rings. The normalized spacial score (nSPS) is 33.8. The lowest BCUT2D eigenvalue weighted by Gasteiger charge is -2.44. The van der Waals surface area contributed by atoms with Gasteiger partial charge in [-0.1, -0.05) is 42.1 Å². The Hall–Kier alpha value is -3.15. The van der Waals surface area contributed by atoms with E-state index in [2.05, 4.69) is 17.0 Å². The van der Waals surface area contributed by atoms with Crippen LogP contribution in [0.2, 0.25) is 0 Å². The fourth-order valence-electron chi connectivity index (χ4n) is 8.60. The predicted molar refractivity (Wildman–Crippen MR) is 162 cm³/mol. The lowest BCUT2D eigenvalue weighted by atomic mass is 9.68. The maximum atomic E-state index is 14.1. The van der Waals surface area contributed by atoms with Gasteiger partial charge in [-0.05, 0) is 48.9 Å². The lowest BCUT2D eigenvalue weighted by molar-refractivity contribution is -0.384. The molecule has 0 aromatic heterocycles. The Bertz CT molecular complexity index is 1570. The van der Waals surface area contributed by atoms with Crippen molar-refractivity contribution in [3.05, 3.63) is 74.0 Å². The minimum atomic E-state index is -0.434. The van der Waals surface area contributed by atoms with Gasteiger partial charge >= 0.3 is 0 Å². The predicted octanol–water partition coefficient (Wildman–Crippen LogP) is 4.49. The highest BCUT2D eigenvalue weighted by Crippen LogP contribution is 2.70. The number of likely N-dealkylation sites (N-methyl/N-ethyl adjacent to an activating group) is 1. The van der Waals surface area contributed by atoms with Crippen LogP contribution >= 0.6 is 23.5 Å². The summed E-state index contributed by atoms with van der Waals surface area (Å²) in [6.07, 6.45) is 1.26. The monoisotopic (exact) mass is 602 g/mol. The van der Waals surface area contributed by atoms with E-state index in [0.29, 0.717) is 30.9 Å². The van der Waals surface area contributed by atoms with E-state index < -0.39 is 16.8 Å². The van der Waals surface area contributed by atoms with Gasteiger partial charge in [0.25, 0.3) is 5.69 Å². The van der Waals surface area contributed by atoms with Gasteiger partial charge in [0.15, 0.2) is 5.12 Å². The number of rotatable bonds is 4. The highest BCUT2D eigenvalue weighted by atomic mass is 32.2. The Morgan fingerprint density at radius 3 is 2.36 bits per heavy atom. The van der Waals surface area contributed by atoms with Crippen LogP contribution in [0.15, 0.2) is 58.3 Å². The summed E-state index contributed by atoms with van der Waals surface area (Å²) in [5.74, 6) is -1.05. The average molecular weight is 603 g/mol. The second-order valence-corrected chi connectivity index (χ2v) is 14.7. The van der Waals surface area contributed by atoms with Crippen molar-refractivity contribution in [1.29, 1.82) is 0 Å². The first-order chi connectivity index (χ1) is 20.3. The summed E-state index contributed by atoms with van der Waals surface area (Å²) >= 11 is 3.13. The number of hydrogen-bond donors (Lipinski definition) is 0. The van der Waals surface area contributed by atoms with Gasteiger partial charge in [-0.2, -0.15) is 0 Å². The summed E-state index contributed by atoms with van der Waals surface area (Å²) in [4.78, 5) is 60.2. The molecule has 0 unspecified atom stereocenters. The molecule has 0 N–H and O–H groups in total. The summed E-state index contributed by atoms with van der Waals surface area (Å²) in [5, 5.41) is 12.5. The zero-order valence-electron chi connectivity index (χ0n) is 23.0. The molecule has 8 rings (SSSR count). The smallest absolute Gasteiger partial charge is 0.294 e. The minimum absolute atomic E-state index is 0.0223. The molecule has 2 aromatic carbocycles. The van der Waals surface area contributed by atoms with E-state index in [1.165, 1.54) is 22.7 Å². The zero-order chi connectivity index (χ0) is 28.9. The maximum Gasteiger partial charge on any atom is 0.294 e. The first-order valence-electron chi connectivity index (χ1n) is 14.6. The van der Waals surface area contributed by atoms with Crippen molar-refractivity contribution >= 4 is 57.5 Å². The van der Waals surface area contributed by atoms with Crippen LogP contribution in [-0.4, -0.2) is 65.2 Å². The number of fused-ring (bicyclic) bond motifs is 8. The number of allylic oxidation sites excluding steroid dienone is 2. The summed E-state index contributed by atoms with van der Waals surface area (Å²) in [7, 11) is 2.03. The molecule has 11 heteroatoms. The molecule has 7 atom stereocenters. The van der Waals surface area contributed by atoms with Crippen LogP contribution in [0.4, 0.5) is 17.1 Å². The Morgan fingerprint density at radius 1 is 0.929 bits per heavy atom. The Labute approximate surface area is 251 Å². The molecule has 4 heterocycles. The average Bonchev–Trinajstić information content (AvgIpc) is 3.72. The van der Waals surface area contributed by atoms with Gasteiger partial charge < -0.3 is 9.80 Å². The van der Waals surface area contributed by atoms with Crippen LogP contribution in [-0.2, 0) is 14.4 Å². The highest BCUT2D eigenvalue weighted by Gasteiger charge is 2.70. The molecule has 2 bridgehead atoms. The number of nitro groups is 1. The van der Waals surface area contributed by atoms with Gasteiger partial charge in [-0.3, -0.25) is 24.5 Å². The number of carbonyl (C=O) groups excluding carboxylic acids is 3. The molecule has 9 nitrogen and oxygen atoms in total. The van der Waals surface area contributed by atoms with E-state index in [0.717, 1.165) is 34.9 Å². The number of piperazine rings is 1. The summed E-state index contributed by atoms with van der Waals surface area (Å²) in [6.45, 7) is 2.97. The molecule has 2 amide bonds. The van der Waals surface area contributed by atoms with Crippen molar-refractivity contribution in [1.82, 2.24) is 4.90 Å². The number of thioether (sulfide) groups is 2. The number of benzene rings is 2. The maximum absolute atomic E-state index is 14.1. The Morgan fingerprint density at radius 2 is 1.64 bits per heavy atom. The summed E-state index contributed by atoms with van der Waals surface area (Å²) in [5.41, 5.74) is 1.90. The third-order valence-electron chi connectivity index (χ3n) is 10.3. The van der Waals surface area contributed by atoms with Crippen LogP contribution in [0.25, 0.3) is 0 Å². The van der Waals surface area contributed by atoms with Gasteiger partial charge in [0.1, 0.15) is 5.69 Å². The second-order valence-electron chi connectivity index (χ2n) is 12.3. The van der Waals surface area contributed by atoms with Crippen molar-refractivity contribution < 1.29 is 19.3 Å². The van der Waals surface area contributed by atoms with Crippen LogP contribution in [0.5, 0.6) is 0 Å². The molecule has 6 aliphatic rings. The van der Waals surface area contributed by atoms with Gasteiger partial charge in [0.2, 0.25) is 11.8 Å². The van der Waals surface area contributed by atoms with E-state index in [1.54, 1.807) is 23.9 Å². The van der Waals surface area contributed by atoms with Crippen LogP contribution in [0.1, 0.15) is 24.3 Å². The fourth-order valence-corrected chi connectivity index (χ4v) is 11.8. The van der Waals surface area contributed by atoms with E-state index in [-0.39, 0.29) is 51.5 Å². The molecule has 216 valence electrons. The van der Waals surface area contributed by atoms with E-state index in [9.17, 15) is 24.5 Å². The Kier molecular flexibility index (Phi) is 6.10. The quantitative estimate of drug-likeness (QED) is 0.284. The van der Waals surface area contributed by atoms with Crippen molar-refractivity contribution in [2.75, 3.05) is 43.0 Å². The molecule has 2 saturated carbocycles. The number of anilines is 2. The lowest BCUT2D eigenvalue weighted by Crippen LogP contribution is -2.44. The molecule has 4 aliphatic heterocycles. The minimum Gasteiger partial charge on any atom is -0.363 e. The van der Waals surface area contributed by atoms with Crippen molar-refractivity contribution in [2.45, 2.75) is 24.0 Å². The standard InChI is InChI=1S/C31H30N4O5S2/c1-32-9-11-33(12-10-32)20-8-7-17(13-21(20)35(39)40)34-30(37)26-18-14-19(27(26)31(34)38)28-25(18)24(16-5-3-2-4-6-16)29-22(41-28)15-23(36)42-29/h2-8,13,18-19,24-28H,9-12,14-15H2,1H3/t18-,19-,24-,25-,26+,27-,28-/m1/s1. The van der Waals surface area contributed by atoms with Crippen LogP contribution in [0.3, 0.4) is 0 Å². The number of carbonyl (C=O) groups is 3. The van der Waals surface area contributed by atoms with E-state index in [1.807, 2.05) is 30.1 Å². The number of hydrogen-bond acceptors (Lipinski definition) is 9. The van der Waals surface area contributed by atoms with Gasteiger partial charge in [-0.15, -0.1) is 11.8 Å². The van der Waals surface area contributed by atoms with Crippen molar-refractivity contribution in [3.63, 3.8) is 0 Å². The third-order valence-corrected chi connectivity index (χ3v) is 13.1. The number of nitro benzene ring substituents is 1. The van der Waals surface area contributed by atoms with Crippen LogP contribution < -0.4 is 9.80 Å². The van der Waals surface area contributed by atoms with Gasteiger partial charge in [0, 0.05) is 59.6 Å². The zero-order valence-corrected chi connectivity index (χ0v) is 24.7. The second kappa shape index (κ2) is 9.68. The van der Waals surface area contributed by atoms with Crippen molar-refractivity contribution in [2.24, 2.45) is 29.6 Å². The van der Waals surface area contributed by atoms with Crippen LogP contribution in [0, 0.1) is 39.7 Å². The molecule has 0 spiro atoms. The van der Waals surface area contributed by atoms with Crippen molar-refractivity contribution in [3.8, 4) is 0 Å². The summed E-state index contributed by atoms with van der Waals surface area (Å²) in [6, 6.07) is 15.1. The van der Waals surface area contributed by atoms with E-state index in [4.69, 9.17) is 0 Å². The summed E-state index contributed by atoms with van der Waals surface area (Å²) < 4.78 is 0. The SMILES string of the molecule is CN1CCN(c2ccc(N3C(=O)[C@@H]4[C@H]5C[C@@H]([C@@H]4C3=O)[C@H]3[C@@H]5SC4=C(SC(=O)C4)[C@@H]3c3ccccc3)cc2[N+](=O)[O-])CC1. The topological polar surface area (TPSA) is 104 Å². The van der Waals surface area contributed by atoms with Gasteiger partial charge in [-0.25, -0.2) is 4.90 Å². The largest absolute Gasteiger partial charge is 0.363 e. The fraction of sp³-hybridized carbons (Fsp3) is 0.452. The number of imide groups is 1. The third kappa shape index (κ3) is 3.79. The molecule has 4 fully saturated rings. The molecule has 0 radical (unpaired) electrons. The molecular formula is C31H30N4O5S2. The molecular weight excluding hydrogens is 572 g/mol. The molecule has 2 aliphatic carbocycles.